The second-order valence-corrected chi connectivity index (χ2v) is 15.8. The van der Waals surface area contributed by atoms with Crippen LogP contribution in [0.3, 0.4) is 0 Å². The summed E-state index contributed by atoms with van der Waals surface area (Å²) in [5.41, 5.74) is 12.7. The number of nitrogen functional groups attached to an aromatic ring is 1. The number of nitrogens with zero attached hydrogens (tertiary/aromatic N) is 6. The second-order valence-electron chi connectivity index (χ2n) is 10.3. The molecule has 0 bridgehead atoms. The lowest BCUT2D eigenvalue weighted by atomic mass is 10.1. The molecule has 0 saturated carbocycles. The molecule has 0 saturated heterocycles. The number of phosphoric acid groups is 2. The van der Waals surface area contributed by atoms with E-state index in [2.05, 4.69) is 38.3 Å². The van der Waals surface area contributed by atoms with E-state index in [1.807, 2.05) is 13.8 Å². The molecule has 0 aromatic carbocycles. The molecular formula is C23H33IN9O13P3+2. The Morgan fingerprint density at radius 1 is 1.33 bits per heavy atom. The third-order valence-electron chi connectivity index (χ3n) is 6.30. The Bertz CT molecular complexity index is 1870. The summed E-state index contributed by atoms with van der Waals surface area (Å²) in [6.45, 7) is 5.94. The van der Waals surface area contributed by atoms with E-state index in [-0.39, 0.29) is 54.7 Å². The fraction of sp³-hybridized carbons (Fsp3) is 0.435. The highest BCUT2D eigenvalue weighted by atomic mass is 127. The molecule has 0 aliphatic carbocycles. The van der Waals surface area contributed by atoms with Crippen molar-refractivity contribution in [3.8, 4) is 0 Å². The number of nitrogens with one attached hydrogen (secondary N) is 1. The lowest BCUT2D eigenvalue weighted by Crippen LogP contribution is -2.39. The number of amides is 1. The Labute approximate surface area is 293 Å². The van der Waals surface area contributed by atoms with Crippen LogP contribution in [0, 0.1) is 0 Å². The van der Waals surface area contributed by atoms with Gasteiger partial charge in [-0.2, -0.15) is 8.88 Å². The van der Waals surface area contributed by atoms with E-state index in [9.17, 15) is 28.5 Å². The van der Waals surface area contributed by atoms with E-state index in [1.54, 1.807) is 7.05 Å². The molecule has 22 nitrogen and oxygen atoms in total. The molecule has 0 radical (unpaired) electrons. The maximum Gasteiger partial charge on any atom is 0.708 e. The fourth-order valence-electron chi connectivity index (χ4n) is 4.46. The zero-order valence-corrected chi connectivity index (χ0v) is 30.9. The van der Waals surface area contributed by atoms with Gasteiger partial charge in [0.2, 0.25) is 5.69 Å². The van der Waals surface area contributed by atoms with E-state index in [1.165, 1.54) is 32.7 Å². The van der Waals surface area contributed by atoms with Crippen LogP contribution in [0.2, 0.25) is 0 Å². The van der Waals surface area contributed by atoms with Gasteiger partial charge in [-0.3, -0.25) is 18.8 Å². The SMILES string of the molecule is C=C(N)NC(=O)c1c(C(C)C)n(C2=C(O)C[C@@H](CO[P+](=O)OP(=O)(O)OP(=O)(OI)OCCOCn3cnc4c(N)ncnc43)O2)c[n+]1C. The summed E-state index contributed by atoms with van der Waals surface area (Å²) in [5, 5.41) is 13.1. The number of carbonyl (C=O) groups excluding carboxylic acids is 1. The van der Waals surface area contributed by atoms with E-state index < -0.39 is 49.1 Å². The van der Waals surface area contributed by atoms with Gasteiger partial charge in [0, 0.05) is 10.5 Å². The van der Waals surface area contributed by atoms with Crippen LogP contribution in [0.5, 0.6) is 0 Å². The minimum atomic E-state index is -5.35. The van der Waals surface area contributed by atoms with E-state index in [4.69, 9.17) is 30.0 Å². The number of anilines is 1. The van der Waals surface area contributed by atoms with Crippen molar-refractivity contribution < 1.29 is 63.1 Å². The number of hydrogen-bond acceptors (Lipinski definition) is 17. The lowest BCUT2D eigenvalue weighted by molar-refractivity contribution is -0.672. The van der Waals surface area contributed by atoms with Gasteiger partial charge in [-0.05, 0) is 4.31 Å². The fourth-order valence-corrected chi connectivity index (χ4v) is 8.62. The Morgan fingerprint density at radius 3 is 2.73 bits per heavy atom. The van der Waals surface area contributed by atoms with E-state index in [0.717, 1.165) is 23.0 Å². The van der Waals surface area contributed by atoms with Gasteiger partial charge in [0.1, 0.15) is 54.3 Å². The first-order valence-corrected chi connectivity index (χ1v) is 18.8. The molecule has 268 valence electrons. The van der Waals surface area contributed by atoms with Crippen LogP contribution in [0.1, 0.15) is 42.4 Å². The number of hydrogen-bond donors (Lipinski definition) is 5. The number of aromatic nitrogens is 6. The first-order valence-electron chi connectivity index (χ1n) is 13.9. The van der Waals surface area contributed by atoms with Crippen LogP contribution in [0.15, 0.2) is 37.1 Å². The second kappa shape index (κ2) is 16.3. The minimum absolute atomic E-state index is 0.0239. The third kappa shape index (κ3) is 9.79. The quantitative estimate of drug-likeness (QED) is 0.0532. The van der Waals surface area contributed by atoms with Gasteiger partial charge < -0.3 is 31.4 Å². The highest BCUT2D eigenvalue weighted by Gasteiger charge is 2.47. The molecule has 3 unspecified atom stereocenters. The van der Waals surface area contributed by atoms with Crippen molar-refractivity contribution in [2.75, 3.05) is 25.6 Å². The van der Waals surface area contributed by atoms with Gasteiger partial charge in [0.15, 0.2) is 22.9 Å². The van der Waals surface area contributed by atoms with Crippen molar-refractivity contribution in [2.45, 2.75) is 39.0 Å². The predicted molar refractivity (Wildman–Crippen MR) is 176 cm³/mol. The van der Waals surface area contributed by atoms with Crippen molar-refractivity contribution >= 4 is 75.7 Å². The lowest BCUT2D eigenvalue weighted by Gasteiger charge is -2.15. The molecule has 49 heavy (non-hydrogen) atoms. The number of rotatable bonds is 18. The number of fused-ring (bicyclic) bond motifs is 1. The zero-order valence-electron chi connectivity index (χ0n) is 26.1. The average molecular weight is 863 g/mol. The van der Waals surface area contributed by atoms with Gasteiger partial charge in [-0.15, -0.1) is 4.52 Å². The summed E-state index contributed by atoms with van der Waals surface area (Å²) < 4.78 is 76.8. The van der Waals surface area contributed by atoms with E-state index in [0.29, 0.717) is 16.9 Å². The first-order chi connectivity index (χ1) is 23.0. The number of aliphatic hydroxyl groups excluding tert-OH is 1. The molecule has 1 aliphatic heterocycles. The molecule has 7 N–H and O–H groups in total. The Kier molecular flexibility index (Phi) is 12.9. The van der Waals surface area contributed by atoms with Crippen molar-refractivity contribution in [1.82, 2.24) is 29.4 Å². The summed E-state index contributed by atoms with van der Waals surface area (Å²) in [7, 11) is -11.8. The predicted octanol–water partition coefficient (Wildman–Crippen LogP) is 2.76. The molecule has 0 spiro atoms. The largest absolute Gasteiger partial charge is 0.708 e. The van der Waals surface area contributed by atoms with Crippen LogP contribution >= 0.6 is 46.9 Å². The van der Waals surface area contributed by atoms with Gasteiger partial charge in [-0.25, -0.2) is 31.5 Å². The maximum atomic E-state index is 12.8. The summed E-state index contributed by atoms with van der Waals surface area (Å²) in [6, 6.07) is 0. The zero-order chi connectivity index (χ0) is 36.1. The Hall–Kier alpha value is -3.08. The molecule has 3 aromatic heterocycles. The summed E-state index contributed by atoms with van der Waals surface area (Å²) in [6.07, 6.45) is 3.15. The topological polar surface area (TPSA) is 290 Å². The van der Waals surface area contributed by atoms with Gasteiger partial charge in [0.25, 0.3) is 6.33 Å². The maximum absolute atomic E-state index is 12.8. The number of imidazole rings is 2. The number of aryl methyl sites for hydroxylation is 1. The third-order valence-corrected chi connectivity index (χ3v) is 11.8. The minimum Gasteiger partial charge on any atom is -0.505 e. The van der Waals surface area contributed by atoms with Crippen LogP contribution in [0.25, 0.3) is 17.0 Å². The number of nitrogens with two attached hydrogens (primary N) is 2. The van der Waals surface area contributed by atoms with Crippen molar-refractivity contribution in [3.63, 3.8) is 0 Å². The van der Waals surface area contributed by atoms with Crippen LogP contribution in [0.4, 0.5) is 5.82 Å². The Morgan fingerprint density at radius 2 is 2.06 bits per heavy atom. The summed E-state index contributed by atoms with van der Waals surface area (Å²) >= 11 is 1.13. The standard InChI is InChI=1S/C23H31IN9O13P3/c1-13(2)18-19(22(35)30-14(3)25)31(4)11-33(18)23-16(34)7-15(43-23)8-41-47(36)45-48(37,38)46-49(39,44-24)42-6-5-40-12-32-10-29-17-20(26)27-9-28-21(17)32/h9-11,13,15H,3,5-8,12,25H2,1-2,4H3,(H3-2,26,27,28,30,34,35,37,38)/p+2/t15-,49?/m0/s1. The van der Waals surface area contributed by atoms with Crippen LogP contribution < -0.4 is 21.4 Å². The highest BCUT2D eigenvalue weighted by molar-refractivity contribution is 14.1. The van der Waals surface area contributed by atoms with Crippen LogP contribution in [-0.2, 0) is 57.5 Å². The monoisotopic (exact) mass is 863 g/mol. The van der Waals surface area contributed by atoms with Crippen molar-refractivity contribution in [3.05, 3.63) is 48.5 Å². The van der Waals surface area contributed by atoms with Gasteiger partial charge >= 0.3 is 35.7 Å². The number of carbonyl (C=O) groups is 1. The summed E-state index contributed by atoms with van der Waals surface area (Å²) in [5.74, 6) is -0.870. The van der Waals surface area contributed by atoms with Gasteiger partial charge in [0.05, 0.1) is 38.8 Å². The average Bonchev–Trinajstić information content (AvgIpc) is 3.70. The molecule has 1 aliphatic rings. The van der Waals surface area contributed by atoms with E-state index >= 15 is 0 Å². The first kappa shape index (κ1) is 38.7. The van der Waals surface area contributed by atoms with Crippen LogP contribution in [-0.4, -0.2) is 65.9 Å². The molecule has 4 rings (SSSR count). The molecule has 1 amide bonds. The molecule has 4 atom stereocenters. The van der Waals surface area contributed by atoms with Crippen molar-refractivity contribution in [1.29, 1.82) is 0 Å². The number of halogens is 1. The molecule has 26 heteroatoms. The highest BCUT2D eigenvalue weighted by Crippen LogP contribution is 2.67. The molecular weight excluding hydrogens is 830 g/mol. The Balaban J connectivity index is 1.26. The number of aliphatic hydroxyl groups is 1. The van der Waals surface area contributed by atoms with Gasteiger partial charge in [-0.1, -0.05) is 20.4 Å². The van der Waals surface area contributed by atoms with Crippen molar-refractivity contribution in [2.24, 2.45) is 12.8 Å². The molecule has 4 heterocycles. The molecule has 3 aromatic rings. The summed E-state index contributed by atoms with van der Waals surface area (Å²) in [4.78, 5) is 34.8. The smallest absolute Gasteiger partial charge is 0.505 e. The normalized spacial score (nSPS) is 17.6. The molecule has 0 fully saturated rings. The number of ether oxygens (including phenoxy) is 2.